The van der Waals surface area contributed by atoms with Crippen LogP contribution in [0.4, 0.5) is 0 Å². The van der Waals surface area contributed by atoms with Gasteiger partial charge < -0.3 is 18.9 Å². The molecule has 0 spiro atoms. The molecule has 0 saturated carbocycles. The molecular weight excluding hydrogens is 380 g/mol. The van der Waals surface area contributed by atoms with E-state index in [9.17, 15) is 0 Å². The van der Waals surface area contributed by atoms with Crippen LogP contribution in [-0.4, -0.2) is 41.1 Å². The van der Waals surface area contributed by atoms with Crippen molar-refractivity contribution in [2.24, 2.45) is 0 Å². The highest BCUT2D eigenvalue weighted by Gasteiger charge is 2.16. The lowest BCUT2D eigenvalue weighted by Crippen LogP contribution is -1.98. The zero-order valence-corrected chi connectivity index (χ0v) is 16.4. The van der Waals surface area contributed by atoms with Crippen LogP contribution in [-0.2, 0) is 6.61 Å². The molecule has 0 radical (unpaired) electrons. The summed E-state index contributed by atoms with van der Waals surface area (Å²) in [6, 6.07) is 13.0. The lowest BCUT2D eigenvalue weighted by atomic mass is 10.2. The van der Waals surface area contributed by atoms with E-state index in [1.165, 1.54) is 11.3 Å². The summed E-state index contributed by atoms with van der Waals surface area (Å²) in [4.78, 5) is 0.693. The molecule has 0 atom stereocenters. The summed E-state index contributed by atoms with van der Waals surface area (Å²) >= 11 is 1.43. The van der Waals surface area contributed by atoms with Gasteiger partial charge >= 0.3 is 0 Å². The second kappa shape index (κ2) is 7.73. The molecule has 0 saturated heterocycles. The highest BCUT2D eigenvalue weighted by molar-refractivity contribution is 7.16. The maximum atomic E-state index is 5.80. The molecule has 0 aliphatic rings. The Balaban J connectivity index is 1.56. The molecule has 0 fully saturated rings. The average molecular weight is 398 g/mol. The highest BCUT2D eigenvalue weighted by Crippen LogP contribution is 2.32. The second-order valence-corrected chi connectivity index (χ2v) is 6.79. The summed E-state index contributed by atoms with van der Waals surface area (Å²) in [5, 5.41) is 13.8. The van der Waals surface area contributed by atoms with Gasteiger partial charge in [0.25, 0.3) is 0 Å². The van der Waals surface area contributed by atoms with Gasteiger partial charge in [-0.25, -0.2) is 0 Å². The smallest absolute Gasteiger partial charge is 0.235 e. The first kappa shape index (κ1) is 18.1. The minimum atomic E-state index is 0.339. The molecule has 2 heterocycles. The third-order valence-electron chi connectivity index (χ3n) is 4.10. The monoisotopic (exact) mass is 398 g/mol. The first-order valence-corrected chi connectivity index (χ1v) is 9.24. The molecule has 8 nitrogen and oxygen atoms in total. The van der Waals surface area contributed by atoms with Gasteiger partial charge in [0.1, 0.15) is 18.1 Å². The standard InChI is InChI=1S/C19H18N4O4S/c1-24-13-5-7-14(8-6-13)27-11-17-22-23-18(20-21-19(23)28-17)12-4-9-15(25-2)16(10-12)26-3/h4-10H,11H2,1-3H3. The lowest BCUT2D eigenvalue weighted by Gasteiger charge is -2.08. The second-order valence-electron chi connectivity index (χ2n) is 5.75. The van der Waals surface area contributed by atoms with E-state index in [0.717, 1.165) is 22.1 Å². The van der Waals surface area contributed by atoms with Crippen molar-refractivity contribution < 1.29 is 18.9 Å². The summed E-state index contributed by atoms with van der Waals surface area (Å²) in [5.41, 5.74) is 0.832. The van der Waals surface area contributed by atoms with Gasteiger partial charge in [-0.2, -0.15) is 9.61 Å². The molecule has 0 amide bonds. The zero-order chi connectivity index (χ0) is 19.5. The normalized spacial score (nSPS) is 10.8. The summed E-state index contributed by atoms with van der Waals surface area (Å²) < 4.78 is 23.3. The summed E-state index contributed by atoms with van der Waals surface area (Å²) in [5.74, 6) is 3.43. The molecule has 0 aliphatic heterocycles. The van der Waals surface area contributed by atoms with Crippen molar-refractivity contribution in [1.82, 2.24) is 19.8 Å². The van der Waals surface area contributed by atoms with Crippen molar-refractivity contribution in [2.45, 2.75) is 6.61 Å². The Bertz CT molecular complexity index is 1090. The number of ether oxygens (including phenoxy) is 4. The molecule has 2 aromatic heterocycles. The Morgan fingerprint density at radius 1 is 0.857 bits per heavy atom. The van der Waals surface area contributed by atoms with Crippen molar-refractivity contribution in [2.75, 3.05) is 21.3 Å². The molecule has 0 unspecified atom stereocenters. The molecule has 2 aromatic carbocycles. The van der Waals surface area contributed by atoms with Gasteiger partial charge in [0.2, 0.25) is 4.96 Å². The third kappa shape index (κ3) is 3.44. The Morgan fingerprint density at radius 2 is 1.61 bits per heavy atom. The minimum Gasteiger partial charge on any atom is -0.497 e. The summed E-state index contributed by atoms with van der Waals surface area (Å²) in [6.45, 7) is 0.339. The van der Waals surface area contributed by atoms with Crippen molar-refractivity contribution in [3.05, 3.63) is 47.5 Å². The van der Waals surface area contributed by atoms with Crippen LogP contribution < -0.4 is 18.9 Å². The van der Waals surface area contributed by atoms with Crippen LogP contribution in [0.15, 0.2) is 42.5 Å². The number of benzene rings is 2. The fourth-order valence-electron chi connectivity index (χ4n) is 2.69. The Morgan fingerprint density at radius 3 is 2.32 bits per heavy atom. The molecule has 144 valence electrons. The molecule has 0 N–H and O–H groups in total. The van der Waals surface area contributed by atoms with E-state index in [1.54, 1.807) is 25.8 Å². The maximum absolute atomic E-state index is 5.80. The Hall–Kier alpha value is -3.33. The largest absolute Gasteiger partial charge is 0.497 e. The predicted octanol–water partition coefficient (Wildman–Crippen LogP) is 3.46. The fourth-order valence-corrected chi connectivity index (χ4v) is 3.43. The third-order valence-corrected chi connectivity index (χ3v) is 4.97. The van der Waals surface area contributed by atoms with Crippen LogP contribution in [0, 0.1) is 0 Å². The first-order chi connectivity index (χ1) is 13.7. The molecule has 0 bridgehead atoms. The van der Waals surface area contributed by atoms with Crippen molar-refractivity contribution >= 4 is 16.3 Å². The fraction of sp³-hybridized carbons (Fsp3) is 0.211. The molecule has 4 rings (SSSR count). The van der Waals surface area contributed by atoms with Gasteiger partial charge in [0, 0.05) is 5.56 Å². The van der Waals surface area contributed by atoms with E-state index in [1.807, 2.05) is 42.5 Å². The van der Waals surface area contributed by atoms with E-state index in [-0.39, 0.29) is 0 Å². The molecule has 28 heavy (non-hydrogen) atoms. The van der Waals surface area contributed by atoms with E-state index >= 15 is 0 Å². The van der Waals surface area contributed by atoms with E-state index in [2.05, 4.69) is 15.3 Å². The minimum absolute atomic E-state index is 0.339. The zero-order valence-electron chi connectivity index (χ0n) is 15.6. The predicted molar refractivity (Wildman–Crippen MR) is 105 cm³/mol. The van der Waals surface area contributed by atoms with Crippen LogP contribution in [0.5, 0.6) is 23.0 Å². The maximum Gasteiger partial charge on any atom is 0.235 e. The van der Waals surface area contributed by atoms with Gasteiger partial charge in [-0.3, -0.25) is 0 Å². The van der Waals surface area contributed by atoms with Crippen molar-refractivity contribution in [3.63, 3.8) is 0 Å². The number of rotatable bonds is 7. The van der Waals surface area contributed by atoms with Crippen LogP contribution in [0.25, 0.3) is 16.3 Å². The Kier molecular flexibility index (Phi) is 4.98. The van der Waals surface area contributed by atoms with E-state index in [0.29, 0.717) is 28.9 Å². The van der Waals surface area contributed by atoms with Crippen LogP contribution in [0.3, 0.4) is 0 Å². The number of fused-ring (bicyclic) bond motifs is 1. The van der Waals surface area contributed by atoms with E-state index < -0.39 is 0 Å². The Labute approximate surface area is 165 Å². The number of hydrogen-bond acceptors (Lipinski definition) is 8. The quantitative estimate of drug-likeness (QED) is 0.472. The first-order valence-electron chi connectivity index (χ1n) is 8.42. The number of nitrogens with zero attached hydrogens (tertiary/aromatic N) is 4. The summed E-state index contributed by atoms with van der Waals surface area (Å²) in [7, 11) is 4.83. The number of hydrogen-bond donors (Lipinski definition) is 0. The number of methoxy groups -OCH3 is 3. The van der Waals surface area contributed by atoms with Gasteiger partial charge in [-0.05, 0) is 42.5 Å². The molecule has 0 aliphatic carbocycles. The van der Waals surface area contributed by atoms with Gasteiger partial charge in [-0.15, -0.1) is 10.2 Å². The van der Waals surface area contributed by atoms with E-state index in [4.69, 9.17) is 18.9 Å². The molecule has 4 aromatic rings. The van der Waals surface area contributed by atoms with Gasteiger partial charge in [0.05, 0.1) is 21.3 Å². The lowest BCUT2D eigenvalue weighted by molar-refractivity contribution is 0.303. The van der Waals surface area contributed by atoms with Crippen LogP contribution >= 0.6 is 11.3 Å². The van der Waals surface area contributed by atoms with Crippen LogP contribution in [0.1, 0.15) is 5.01 Å². The SMILES string of the molecule is COc1ccc(OCc2nn3c(-c4ccc(OC)c(OC)c4)nnc3s2)cc1. The highest BCUT2D eigenvalue weighted by atomic mass is 32.1. The van der Waals surface area contributed by atoms with Gasteiger partial charge in [0.15, 0.2) is 22.3 Å². The van der Waals surface area contributed by atoms with Crippen molar-refractivity contribution in [3.8, 4) is 34.4 Å². The molecular formula is C19H18N4O4S. The molecule has 9 heteroatoms. The average Bonchev–Trinajstić information content (AvgIpc) is 3.32. The topological polar surface area (TPSA) is 80.0 Å². The van der Waals surface area contributed by atoms with Gasteiger partial charge in [-0.1, -0.05) is 11.3 Å². The van der Waals surface area contributed by atoms with Crippen molar-refractivity contribution in [1.29, 1.82) is 0 Å². The summed E-state index contributed by atoms with van der Waals surface area (Å²) in [6.07, 6.45) is 0. The van der Waals surface area contributed by atoms with Crippen LogP contribution in [0.2, 0.25) is 0 Å². The number of aromatic nitrogens is 4.